The van der Waals surface area contributed by atoms with Gasteiger partial charge in [0.2, 0.25) is 0 Å². The largest absolute Gasteiger partial charge is 0.372 e. The maximum atomic E-state index is 6.44. The molecule has 0 amide bonds. The Hall–Kier alpha value is -0.380. The van der Waals surface area contributed by atoms with Crippen LogP contribution in [0.2, 0.25) is 0 Å². The van der Waals surface area contributed by atoms with Gasteiger partial charge >= 0.3 is 0 Å². The molecule has 0 bridgehead atoms. The molecule has 2 fully saturated rings. The van der Waals surface area contributed by atoms with E-state index in [9.17, 15) is 0 Å². The van der Waals surface area contributed by atoms with Crippen LogP contribution in [0.3, 0.4) is 0 Å². The fourth-order valence-corrected chi connectivity index (χ4v) is 4.44. The van der Waals surface area contributed by atoms with E-state index in [1.165, 1.54) is 50.5 Å². The molecule has 0 aromatic heterocycles. The molecule has 1 aliphatic carbocycles. The summed E-state index contributed by atoms with van der Waals surface area (Å²) in [6.07, 6.45) is 11.3. The topological polar surface area (TPSA) is 35.2 Å². The number of benzene rings is 1. The van der Waals surface area contributed by atoms with E-state index in [2.05, 4.69) is 34.1 Å². The molecule has 2 nitrogen and oxygen atoms in total. The monoisotopic (exact) mass is 351 g/mol. The molecule has 1 saturated carbocycles. The van der Waals surface area contributed by atoms with Crippen LogP contribution < -0.4 is 5.73 Å². The molecule has 2 N–H and O–H groups in total. The van der Waals surface area contributed by atoms with Crippen LogP contribution in [0.1, 0.15) is 56.9 Å². The molecule has 1 aliphatic heterocycles. The summed E-state index contributed by atoms with van der Waals surface area (Å²) in [4.78, 5) is 0. The summed E-state index contributed by atoms with van der Waals surface area (Å²) in [7, 11) is 0. The summed E-state index contributed by atoms with van der Waals surface area (Å²) in [5.74, 6) is 0. The Bertz CT molecular complexity index is 470. The maximum absolute atomic E-state index is 6.44. The lowest BCUT2D eigenvalue weighted by molar-refractivity contribution is -0.0670. The number of ether oxygens (including phenoxy) is 1. The number of halogens is 1. The first-order valence-electron chi connectivity index (χ1n) is 8.34. The smallest absolute Gasteiger partial charge is 0.0687 e. The van der Waals surface area contributed by atoms with Crippen molar-refractivity contribution in [1.29, 1.82) is 0 Å². The molecule has 116 valence electrons. The normalized spacial score (nSPS) is 26.1. The summed E-state index contributed by atoms with van der Waals surface area (Å²) in [6, 6.07) is 8.56. The van der Waals surface area contributed by atoms with Crippen molar-refractivity contribution in [2.45, 2.75) is 75.5 Å². The van der Waals surface area contributed by atoms with Gasteiger partial charge in [-0.1, -0.05) is 53.4 Å². The number of hydrogen-bond donors (Lipinski definition) is 1. The zero-order chi connectivity index (χ0) is 14.7. The van der Waals surface area contributed by atoms with Crippen LogP contribution in [0.25, 0.3) is 0 Å². The quantitative estimate of drug-likeness (QED) is 0.860. The van der Waals surface area contributed by atoms with Crippen LogP contribution in [0, 0.1) is 0 Å². The first-order chi connectivity index (χ1) is 10.2. The lowest BCUT2D eigenvalue weighted by Crippen LogP contribution is -2.34. The number of nitrogens with two attached hydrogens (primary N) is 1. The molecule has 3 rings (SSSR count). The fourth-order valence-electron chi connectivity index (χ4n) is 3.99. The van der Waals surface area contributed by atoms with Gasteiger partial charge in [-0.15, -0.1) is 0 Å². The minimum Gasteiger partial charge on any atom is -0.372 e. The van der Waals surface area contributed by atoms with E-state index in [1.54, 1.807) is 0 Å². The fraction of sp³-hybridized carbons (Fsp3) is 0.667. The molecule has 0 radical (unpaired) electrons. The molecule has 2 aliphatic rings. The van der Waals surface area contributed by atoms with Crippen LogP contribution in [0.5, 0.6) is 0 Å². The van der Waals surface area contributed by atoms with Crippen molar-refractivity contribution in [3.05, 3.63) is 34.3 Å². The number of rotatable bonds is 4. The molecule has 1 heterocycles. The van der Waals surface area contributed by atoms with Crippen molar-refractivity contribution < 1.29 is 4.74 Å². The van der Waals surface area contributed by atoms with Gasteiger partial charge in [-0.25, -0.2) is 0 Å². The Balaban J connectivity index is 1.52. The van der Waals surface area contributed by atoms with E-state index in [0.29, 0.717) is 6.10 Å². The van der Waals surface area contributed by atoms with Crippen molar-refractivity contribution in [1.82, 2.24) is 0 Å². The van der Waals surface area contributed by atoms with Crippen molar-refractivity contribution in [2.24, 2.45) is 5.73 Å². The van der Waals surface area contributed by atoms with Crippen LogP contribution in [-0.2, 0) is 11.2 Å². The molecule has 1 aromatic rings. The van der Waals surface area contributed by atoms with Gasteiger partial charge in [0, 0.05) is 10.5 Å². The lowest BCUT2D eigenvalue weighted by atomic mass is 9.83. The van der Waals surface area contributed by atoms with Crippen LogP contribution in [0.15, 0.2) is 28.7 Å². The predicted molar refractivity (Wildman–Crippen MR) is 90.4 cm³/mol. The summed E-state index contributed by atoms with van der Waals surface area (Å²) in [6.45, 7) is 0. The SMILES string of the molecule is NC(Cc1ccccc1Br)CC1CCC2(CCCCC2)O1. The first-order valence-corrected chi connectivity index (χ1v) is 9.13. The minimum absolute atomic E-state index is 0.187. The lowest BCUT2D eigenvalue weighted by Gasteiger charge is -2.33. The van der Waals surface area contributed by atoms with Gasteiger partial charge in [-0.05, 0) is 50.2 Å². The standard InChI is InChI=1S/C18H26BrNO/c19-17-7-3-2-6-14(17)12-15(20)13-16-8-11-18(21-16)9-4-1-5-10-18/h2-3,6-7,15-16H,1,4-5,8-13,20H2. The second kappa shape index (κ2) is 6.80. The van der Waals surface area contributed by atoms with Gasteiger partial charge in [0.1, 0.15) is 0 Å². The van der Waals surface area contributed by atoms with Gasteiger partial charge < -0.3 is 10.5 Å². The summed E-state index contributed by atoms with van der Waals surface area (Å²) in [5.41, 5.74) is 7.89. The van der Waals surface area contributed by atoms with Gasteiger partial charge in [0.25, 0.3) is 0 Å². The van der Waals surface area contributed by atoms with Crippen molar-refractivity contribution in [3.8, 4) is 0 Å². The second-order valence-electron chi connectivity index (χ2n) is 6.81. The molecule has 1 saturated heterocycles. The highest BCUT2D eigenvalue weighted by Gasteiger charge is 2.40. The van der Waals surface area contributed by atoms with E-state index >= 15 is 0 Å². The zero-order valence-corrected chi connectivity index (χ0v) is 14.3. The third-order valence-corrected chi connectivity index (χ3v) is 5.88. The first kappa shape index (κ1) is 15.5. The van der Waals surface area contributed by atoms with E-state index in [-0.39, 0.29) is 11.6 Å². The van der Waals surface area contributed by atoms with Crippen molar-refractivity contribution in [3.63, 3.8) is 0 Å². The summed E-state index contributed by atoms with van der Waals surface area (Å²) in [5, 5.41) is 0. The van der Waals surface area contributed by atoms with Crippen LogP contribution in [0.4, 0.5) is 0 Å². The van der Waals surface area contributed by atoms with E-state index in [0.717, 1.165) is 17.3 Å². The zero-order valence-electron chi connectivity index (χ0n) is 12.7. The third-order valence-electron chi connectivity index (χ3n) is 5.11. The van der Waals surface area contributed by atoms with E-state index < -0.39 is 0 Å². The average molecular weight is 352 g/mol. The average Bonchev–Trinajstić information content (AvgIpc) is 2.84. The number of hydrogen-bond acceptors (Lipinski definition) is 2. The molecule has 2 unspecified atom stereocenters. The molecular formula is C18H26BrNO. The van der Waals surface area contributed by atoms with Gasteiger partial charge in [0.05, 0.1) is 11.7 Å². The minimum atomic E-state index is 0.187. The van der Waals surface area contributed by atoms with Crippen LogP contribution >= 0.6 is 15.9 Å². The maximum Gasteiger partial charge on any atom is 0.0687 e. The predicted octanol–water partition coefficient (Wildman–Crippen LogP) is 4.59. The molecule has 1 aromatic carbocycles. The highest BCUT2D eigenvalue weighted by Crippen LogP contribution is 2.42. The van der Waals surface area contributed by atoms with E-state index in [4.69, 9.17) is 10.5 Å². The highest BCUT2D eigenvalue weighted by molar-refractivity contribution is 9.10. The molecule has 3 heteroatoms. The Labute approximate surface area is 136 Å². The van der Waals surface area contributed by atoms with Gasteiger partial charge in [-0.3, -0.25) is 0 Å². The highest BCUT2D eigenvalue weighted by atomic mass is 79.9. The molecule has 21 heavy (non-hydrogen) atoms. The Morgan fingerprint density at radius 2 is 1.95 bits per heavy atom. The van der Waals surface area contributed by atoms with Crippen LogP contribution in [-0.4, -0.2) is 17.7 Å². The van der Waals surface area contributed by atoms with Gasteiger partial charge in [0.15, 0.2) is 0 Å². The Morgan fingerprint density at radius 3 is 2.71 bits per heavy atom. The van der Waals surface area contributed by atoms with Gasteiger partial charge in [-0.2, -0.15) is 0 Å². The van der Waals surface area contributed by atoms with Crippen molar-refractivity contribution in [2.75, 3.05) is 0 Å². The summed E-state index contributed by atoms with van der Waals surface area (Å²) < 4.78 is 7.60. The Kier molecular flexibility index (Phi) is 5.03. The molecular weight excluding hydrogens is 326 g/mol. The van der Waals surface area contributed by atoms with Crippen molar-refractivity contribution >= 4 is 15.9 Å². The molecule has 2 atom stereocenters. The second-order valence-corrected chi connectivity index (χ2v) is 7.67. The molecule has 1 spiro atoms. The summed E-state index contributed by atoms with van der Waals surface area (Å²) >= 11 is 3.61. The van der Waals surface area contributed by atoms with E-state index in [1.807, 2.05) is 6.07 Å². The third kappa shape index (κ3) is 3.88. The Morgan fingerprint density at radius 1 is 1.19 bits per heavy atom.